The van der Waals surface area contributed by atoms with Crippen molar-refractivity contribution in [3.8, 4) is 0 Å². The Kier molecular flexibility index (Phi) is 3.89. The topological polar surface area (TPSA) is 50.1 Å². The van der Waals surface area contributed by atoms with E-state index >= 15 is 0 Å². The molecule has 0 aliphatic rings. The van der Waals surface area contributed by atoms with Gasteiger partial charge in [0.1, 0.15) is 5.44 Å². The van der Waals surface area contributed by atoms with Crippen molar-refractivity contribution in [2.24, 2.45) is 0 Å². The zero-order valence-corrected chi connectivity index (χ0v) is 7.94. The Morgan fingerprint density at radius 1 is 1.64 bits per heavy atom. The lowest BCUT2D eigenvalue weighted by Gasteiger charge is -2.23. The van der Waals surface area contributed by atoms with E-state index in [4.69, 9.17) is 10.5 Å². The lowest BCUT2D eigenvalue weighted by atomic mass is 10.2. The third kappa shape index (κ3) is 7.68. The first kappa shape index (κ1) is 10.8. The number of carbonyl (C=O) groups excluding carboxylic acids is 1. The quantitative estimate of drug-likeness (QED) is 0.520. The zero-order valence-electron chi connectivity index (χ0n) is 7.05. The Bertz CT molecular complexity index is 142. The van der Waals surface area contributed by atoms with E-state index in [9.17, 15) is 4.79 Å². The van der Waals surface area contributed by atoms with Gasteiger partial charge in [-0.25, -0.2) is 0 Å². The molecule has 0 saturated carbocycles. The van der Waals surface area contributed by atoms with E-state index in [1.165, 1.54) is 0 Å². The molecule has 0 aromatic rings. The maximum atomic E-state index is 10.3. The second-order valence-electron chi connectivity index (χ2n) is 3.31. The van der Waals surface area contributed by atoms with Crippen LogP contribution in [0.5, 0.6) is 0 Å². The first-order valence-electron chi connectivity index (χ1n) is 3.41. The summed E-state index contributed by atoms with van der Waals surface area (Å²) in [4.78, 5) is 10.3. The van der Waals surface area contributed by atoms with Crippen LogP contribution in [0.3, 0.4) is 0 Å². The molecule has 1 N–H and O–H groups in total. The molecule has 1 amide bonds. The Morgan fingerprint density at radius 2 is 2.09 bits per heavy atom. The second kappa shape index (κ2) is 3.97. The van der Waals surface area contributed by atoms with Gasteiger partial charge in [-0.2, -0.15) is 0 Å². The molecular weight excluding hydrogens is 162 g/mol. The molecule has 65 valence electrons. The van der Waals surface area contributed by atoms with Crippen molar-refractivity contribution in [2.75, 3.05) is 0 Å². The summed E-state index contributed by atoms with van der Waals surface area (Å²) in [7, 11) is 0. The van der Waals surface area contributed by atoms with E-state index in [2.05, 4.69) is 12.6 Å². The average Bonchev–Trinajstić information content (AvgIpc) is 1.53. The first-order chi connectivity index (χ1) is 4.81. The summed E-state index contributed by atoms with van der Waals surface area (Å²) < 4.78 is 5.27. The molecule has 0 saturated heterocycles. The lowest BCUT2D eigenvalue weighted by Crippen LogP contribution is -2.26. The van der Waals surface area contributed by atoms with Crippen LogP contribution in [0.1, 0.15) is 27.2 Å². The van der Waals surface area contributed by atoms with Gasteiger partial charge in [-0.15, -0.1) is 12.6 Å². The van der Waals surface area contributed by atoms with Crippen LogP contribution in [0.25, 0.3) is 0 Å². The molecule has 0 aliphatic heterocycles. The fourth-order valence-corrected chi connectivity index (χ4v) is 1.09. The van der Waals surface area contributed by atoms with Gasteiger partial charge in [0, 0.05) is 0 Å². The van der Waals surface area contributed by atoms with Crippen LogP contribution in [-0.2, 0) is 9.53 Å². The highest BCUT2D eigenvalue weighted by molar-refractivity contribution is 7.80. The van der Waals surface area contributed by atoms with Gasteiger partial charge in [-0.3, -0.25) is 10.5 Å². The van der Waals surface area contributed by atoms with Crippen molar-refractivity contribution >= 4 is 18.5 Å². The largest absolute Gasteiger partial charge is 0.362 e. The molecule has 1 unspecified atom stereocenters. The summed E-state index contributed by atoms with van der Waals surface area (Å²) in [6.45, 7) is 5.64. The van der Waals surface area contributed by atoms with Crippen LogP contribution in [0.2, 0.25) is 0 Å². The Labute approximate surface area is 72.7 Å². The number of nitrogens with one attached hydrogen (secondary N) is 1. The standard InChI is InChI=1S/C7H14NO2S/c1-7(2,3)10-6(11)4-5(8)9/h6,8,11H,4H2,1-3H3. The van der Waals surface area contributed by atoms with Crippen molar-refractivity contribution in [3.05, 3.63) is 0 Å². The fourth-order valence-electron chi connectivity index (χ4n) is 0.608. The molecule has 11 heavy (non-hydrogen) atoms. The van der Waals surface area contributed by atoms with Crippen LogP contribution in [0, 0.1) is 0 Å². The van der Waals surface area contributed by atoms with Gasteiger partial charge in [-0.05, 0) is 20.8 Å². The van der Waals surface area contributed by atoms with Crippen molar-refractivity contribution in [1.29, 1.82) is 0 Å². The SMILES string of the molecule is CC(C)(C)OC(S)CC([NH])=O. The molecule has 4 heteroatoms. The summed E-state index contributed by atoms with van der Waals surface area (Å²) in [5.74, 6) is -0.644. The molecule has 3 nitrogen and oxygen atoms in total. The predicted molar refractivity (Wildman–Crippen MR) is 46.3 cm³/mol. The smallest absolute Gasteiger partial charge is 0.241 e. The van der Waals surface area contributed by atoms with E-state index < -0.39 is 11.3 Å². The predicted octanol–water partition coefficient (Wildman–Crippen LogP) is 1.26. The fraction of sp³-hybridized carbons (Fsp3) is 0.857. The van der Waals surface area contributed by atoms with E-state index in [0.29, 0.717) is 0 Å². The van der Waals surface area contributed by atoms with E-state index in [-0.39, 0.29) is 12.0 Å². The summed E-state index contributed by atoms with van der Waals surface area (Å²) in [5.41, 5.74) is 5.89. The summed E-state index contributed by atoms with van der Waals surface area (Å²) in [6.07, 6.45) is 0.0420. The normalized spacial score (nSPS) is 14.5. The number of rotatable bonds is 3. The van der Waals surface area contributed by atoms with Gasteiger partial charge in [-0.1, -0.05) is 0 Å². The third-order valence-electron chi connectivity index (χ3n) is 0.850. The minimum atomic E-state index is -0.644. The van der Waals surface area contributed by atoms with Crippen molar-refractivity contribution < 1.29 is 9.53 Å². The van der Waals surface area contributed by atoms with Crippen molar-refractivity contribution in [1.82, 2.24) is 5.73 Å². The Hall–Kier alpha value is -0.220. The van der Waals surface area contributed by atoms with E-state index in [0.717, 1.165) is 0 Å². The highest BCUT2D eigenvalue weighted by Crippen LogP contribution is 2.14. The average molecular weight is 176 g/mol. The highest BCUT2D eigenvalue weighted by Gasteiger charge is 2.17. The number of hydrogen-bond donors (Lipinski definition) is 1. The van der Waals surface area contributed by atoms with Gasteiger partial charge in [0.25, 0.3) is 0 Å². The van der Waals surface area contributed by atoms with Gasteiger partial charge in [0.05, 0.1) is 12.0 Å². The van der Waals surface area contributed by atoms with Crippen LogP contribution in [0.4, 0.5) is 0 Å². The molecule has 0 rings (SSSR count). The van der Waals surface area contributed by atoms with Crippen molar-refractivity contribution in [3.63, 3.8) is 0 Å². The molecular formula is C7H14NO2S. The molecule has 0 aromatic carbocycles. The molecule has 1 radical (unpaired) electrons. The summed E-state index contributed by atoms with van der Waals surface area (Å²) in [6, 6.07) is 0. The highest BCUT2D eigenvalue weighted by atomic mass is 32.1. The Morgan fingerprint density at radius 3 is 2.36 bits per heavy atom. The third-order valence-corrected chi connectivity index (χ3v) is 1.14. The maximum absolute atomic E-state index is 10.3. The zero-order chi connectivity index (χ0) is 9.07. The molecule has 0 aliphatic carbocycles. The first-order valence-corrected chi connectivity index (χ1v) is 3.93. The summed E-state index contributed by atoms with van der Waals surface area (Å²) >= 11 is 4.00. The van der Waals surface area contributed by atoms with Gasteiger partial charge in [0.2, 0.25) is 5.91 Å². The monoisotopic (exact) mass is 176 g/mol. The Balaban J connectivity index is 3.69. The molecule has 0 fully saturated rings. The number of carbonyl (C=O) groups is 1. The number of hydrogen-bond acceptors (Lipinski definition) is 3. The van der Waals surface area contributed by atoms with E-state index in [1.807, 2.05) is 20.8 Å². The number of ether oxygens (including phenoxy) is 1. The second-order valence-corrected chi connectivity index (χ2v) is 3.89. The van der Waals surface area contributed by atoms with Gasteiger partial charge in [0.15, 0.2) is 0 Å². The maximum Gasteiger partial charge on any atom is 0.241 e. The molecule has 0 bridgehead atoms. The molecule has 0 spiro atoms. The van der Waals surface area contributed by atoms with Gasteiger partial charge >= 0.3 is 0 Å². The minimum Gasteiger partial charge on any atom is -0.362 e. The minimum absolute atomic E-state index is 0.0420. The van der Waals surface area contributed by atoms with Crippen LogP contribution in [-0.4, -0.2) is 16.9 Å². The number of amides is 1. The lowest BCUT2D eigenvalue weighted by molar-refractivity contribution is -0.121. The molecule has 0 heterocycles. The molecule has 1 atom stereocenters. The van der Waals surface area contributed by atoms with Crippen LogP contribution >= 0.6 is 12.6 Å². The van der Waals surface area contributed by atoms with Crippen LogP contribution < -0.4 is 5.73 Å². The van der Waals surface area contributed by atoms with E-state index in [1.54, 1.807) is 0 Å². The summed E-state index contributed by atoms with van der Waals surface area (Å²) in [5, 5.41) is 0. The van der Waals surface area contributed by atoms with Gasteiger partial charge < -0.3 is 4.74 Å². The van der Waals surface area contributed by atoms with Crippen molar-refractivity contribution in [2.45, 2.75) is 38.2 Å². The molecule has 0 aromatic heterocycles. The van der Waals surface area contributed by atoms with Crippen LogP contribution in [0.15, 0.2) is 0 Å². The number of thiol groups is 1.